The van der Waals surface area contributed by atoms with E-state index in [-0.39, 0.29) is 35.5 Å². The van der Waals surface area contributed by atoms with Gasteiger partial charge in [0.15, 0.2) is 0 Å². The van der Waals surface area contributed by atoms with Crippen LogP contribution >= 0.6 is 0 Å². The van der Waals surface area contributed by atoms with E-state index in [1.807, 2.05) is 38.1 Å². The van der Waals surface area contributed by atoms with Crippen LogP contribution in [0.15, 0.2) is 30.4 Å². The Morgan fingerprint density at radius 1 is 1.10 bits per heavy atom. The highest BCUT2D eigenvalue weighted by Gasteiger charge is 2.51. The Morgan fingerprint density at radius 2 is 1.71 bits per heavy atom. The van der Waals surface area contributed by atoms with E-state index in [1.165, 1.54) is 4.90 Å². The molecule has 3 atom stereocenters. The maximum absolute atomic E-state index is 13.5. The van der Waals surface area contributed by atoms with Gasteiger partial charge in [-0.05, 0) is 37.3 Å². The van der Waals surface area contributed by atoms with Gasteiger partial charge >= 0.3 is 0 Å². The summed E-state index contributed by atoms with van der Waals surface area (Å²) in [7, 11) is 4.84. The zero-order chi connectivity index (χ0) is 22.7. The molecular weight excluding hydrogens is 396 g/mol. The van der Waals surface area contributed by atoms with E-state index >= 15 is 0 Å². The molecule has 0 radical (unpaired) electrons. The first kappa shape index (κ1) is 22.8. The van der Waals surface area contributed by atoms with Gasteiger partial charge in [-0.15, -0.1) is 0 Å². The average molecular weight is 429 g/mol. The number of fused-ring (bicyclic) bond motifs is 1. The summed E-state index contributed by atoms with van der Waals surface area (Å²) in [4.78, 5) is 42.5. The lowest BCUT2D eigenvalue weighted by Crippen LogP contribution is -2.50. The Kier molecular flexibility index (Phi) is 7.03. The second-order valence-corrected chi connectivity index (χ2v) is 8.72. The SMILES string of the molecule is COc1ccc(CN(C)C(=O)C(CC(C)C)N2C(=O)C3CC=CCC3C2=O)c(OC)c1. The summed E-state index contributed by atoms with van der Waals surface area (Å²) in [5.41, 5.74) is 0.819. The standard InChI is InChI=1S/C24H32N2O5/c1-15(2)12-20(26-22(27)18-8-6-7-9-19(18)23(26)28)24(29)25(3)14-16-10-11-17(30-4)13-21(16)31-5/h6-7,10-11,13,15,18-20H,8-9,12,14H2,1-5H3. The van der Waals surface area contributed by atoms with Crippen LogP contribution in [-0.2, 0) is 20.9 Å². The molecule has 1 aliphatic carbocycles. The van der Waals surface area contributed by atoms with E-state index in [9.17, 15) is 14.4 Å². The van der Waals surface area contributed by atoms with Gasteiger partial charge in [-0.1, -0.05) is 26.0 Å². The zero-order valence-corrected chi connectivity index (χ0v) is 19.0. The number of benzene rings is 1. The lowest BCUT2D eigenvalue weighted by atomic mass is 9.85. The highest BCUT2D eigenvalue weighted by molar-refractivity contribution is 6.08. The van der Waals surface area contributed by atoms with Crippen LogP contribution in [0.5, 0.6) is 11.5 Å². The number of rotatable bonds is 8. The van der Waals surface area contributed by atoms with E-state index in [0.29, 0.717) is 37.3 Å². The maximum atomic E-state index is 13.5. The first-order valence-electron chi connectivity index (χ1n) is 10.8. The van der Waals surface area contributed by atoms with Gasteiger partial charge in [-0.3, -0.25) is 19.3 Å². The number of carbonyl (C=O) groups is 3. The van der Waals surface area contributed by atoms with Gasteiger partial charge in [0.2, 0.25) is 17.7 Å². The van der Waals surface area contributed by atoms with E-state index in [0.717, 1.165) is 5.56 Å². The van der Waals surface area contributed by atoms with Crippen LogP contribution in [0.25, 0.3) is 0 Å². The lowest BCUT2D eigenvalue weighted by molar-refractivity contribution is -0.152. The smallest absolute Gasteiger partial charge is 0.245 e. The molecule has 0 N–H and O–H groups in total. The van der Waals surface area contributed by atoms with Crippen molar-refractivity contribution in [2.24, 2.45) is 17.8 Å². The molecule has 2 aliphatic rings. The zero-order valence-electron chi connectivity index (χ0n) is 19.0. The summed E-state index contributed by atoms with van der Waals surface area (Å²) in [5.74, 6) is 0.0853. The lowest BCUT2D eigenvalue weighted by Gasteiger charge is -2.31. The maximum Gasteiger partial charge on any atom is 0.245 e. The molecule has 1 heterocycles. The molecule has 3 amide bonds. The quantitative estimate of drug-likeness (QED) is 0.470. The topological polar surface area (TPSA) is 76.2 Å². The molecule has 1 fully saturated rings. The molecule has 3 unspecified atom stereocenters. The Balaban J connectivity index is 1.83. The average Bonchev–Trinajstić information content (AvgIpc) is 3.02. The van der Waals surface area contributed by atoms with Gasteiger partial charge in [-0.2, -0.15) is 0 Å². The number of likely N-dealkylation sites (tertiary alicyclic amines) is 1. The second-order valence-electron chi connectivity index (χ2n) is 8.72. The Bertz CT molecular complexity index is 853. The first-order chi connectivity index (χ1) is 14.8. The van der Waals surface area contributed by atoms with Gasteiger partial charge in [0.05, 0.1) is 26.1 Å². The van der Waals surface area contributed by atoms with E-state index in [1.54, 1.807) is 32.2 Å². The van der Waals surface area contributed by atoms with Crippen molar-refractivity contribution in [2.45, 2.75) is 45.7 Å². The van der Waals surface area contributed by atoms with Crippen LogP contribution in [0.3, 0.4) is 0 Å². The fourth-order valence-corrected chi connectivity index (χ4v) is 4.47. The summed E-state index contributed by atoms with van der Waals surface area (Å²) in [6.45, 7) is 4.28. The summed E-state index contributed by atoms with van der Waals surface area (Å²) in [6.07, 6.45) is 5.47. The molecule has 31 heavy (non-hydrogen) atoms. The number of likely N-dealkylation sites (N-methyl/N-ethyl adjacent to an activating group) is 1. The van der Waals surface area contributed by atoms with Crippen LogP contribution in [0.1, 0.15) is 38.7 Å². The minimum absolute atomic E-state index is 0.152. The minimum Gasteiger partial charge on any atom is -0.497 e. The monoisotopic (exact) mass is 428 g/mol. The number of imide groups is 1. The summed E-state index contributed by atoms with van der Waals surface area (Å²) >= 11 is 0. The van der Waals surface area contributed by atoms with Crippen molar-refractivity contribution >= 4 is 17.7 Å². The van der Waals surface area contributed by atoms with Gasteiger partial charge in [-0.25, -0.2) is 0 Å². The predicted molar refractivity (Wildman–Crippen MR) is 116 cm³/mol. The van der Waals surface area contributed by atoms with Gasteiger partial charge in [0.25, 0.3) is 0 Å². The van der Waals surface area contributed by atoms with Crippen LogP contribution in [-0.4, -0.2) is 54.8 Å². The van der Waals surface area contributed by atoms with E-state index in [4.69, 9.17) is 9.47 Å². The van der Waals surface area contributed by atoms with Crippen molar-refractivity contribution in [3.05, 3.63) is 35.9 Å². The van der Waals surface area contributed by atoms with Crippen LogP contribution in [0.2, 0.25) is 0 Å². The molecule has 7 heteroatoms. The fraction of sp³-hybridized carbons (Fsp3) is 0.542. The number of amides is 3. The summed E-state index contributed by atoms with van der Waals surface area (Å²) < 4.78 is 10.7. The normalized spacial score (nSPS) is 21.3. The molecule has 1 aromatic carbocycles. The molecule has 168 valence electrons. The number of hydrogen-bond acceptors (Lipinski definition) is 5. The minimum atomic E-state index is -0.792. The van der Waals surface area contributed by atoms with Gasteiger partial charge < -0.3 is 14.4 Å². The fourth-order valence-electron chi connectivity index (χ4n) is 4.47. The third-order valence-corrected chi connectivity index (χ3v) is 6.11. The number of carbonyl (C=O) groups excluding carboxylic acids is 3. The number of allylic oxidation sites excluding steroid dienone is 2. The highest BCUT2D eigenvalue weighted by Crippen LogP contribution is 2.37. The van der Waals surface area contributed by atoms with Crippen molar-refractivity contribution in [2.75, 3.05) is 21.3 Å². The number of methoxy groups -OCH3 is 2. The molecule has 0 aromatic heterocycles. The van der Waals surface area contributed by atoms with Crippen molar-refractivity contribution < 1.29 is 23.9 Å². The third kappa shape index (κ3) is 4.60. The van der Waals surface area contributed by atoms with Crippen LogP contribution in [0, 0.1) is 17.8 Å². The molecule has 1 aromatic rings. The Morgan fingerprint density at radius 3 is 2.23 bits per heavy atom. The first-order valence-corrected chi connectivity index (χ1v) is 10.8. The van der Waals surface area contributed by atoms with E-state index in [2.05, 4.69) is 0 Å². The Labute approximate surface area is 184 Å². The number of ether oxygens (including phenoxy) is 2. The largest absolute Gasteiger partial charge is 0.497 e. The third-order valence-electron chi connectivity index (χ3n) is 6.11. The highest BCUT2D eigenvalue weighted by atomic mass is 16.5. The van der Waals surface area contributed by atoms with Crippen molar-refractivity contribution in [3.63, 3.8) is 0 Å². The van der Waals surface area contributed by atoms with Crippen LogP contribution in [0.4, 0.5) is 0 Å². The number of hydrogen-bond donors (Lipinski definition) is 0. The van der Waals surface area contributed by atoms with Gasteiger partial charge in [0.1, 0.15) is 17.5 Å². The van der Waals surface area contributed by atoms with Crippen molar-refractivity contribution in [1.82, 2.24) is 9.80 Å². The second kappa shape index (κ2) is 9.54. The molecule has 0 saturated carbocycles. The van der Waals surface area contributed by atoms with Crippen molar-refractivity contribution in [1.29, 1.82) is 0 Å². The molecule has 1 aliphatic heterocycles. The summed E-state index contributed by atoms with van der Waals surface area (Å²) in [6, 6.07) is 4.64. The van der Waals surface area contributed by atoms with E-state index < -0.39 is 6.04 Å². The molecular formula is C24H32N2O5. The van der Waals surface area contributed by atoms with Crippen LogP contribution < -0.4 is 9.47 Å². The molecule has 7 nitrogen and oxygen atoms in total. The molecule has 0 spiro atoms. The molecule has 1 saturated heterocycles. The predicted octanol–water partition coefficient (Wildman–Crippen LogP) is 3.03. The number of nitrogens with zero attached hydrogens (tertiary/aromatic N) is 2. The van der Waals surface area contributed by atoms with Gasteiger partial charge in [0, 0.05) is 25.2 Å². The van der Waals surface area contributed by atoms with Crippen molar-refractivity contribution in [3.8, 4) is 11.5 Å². The molecule has 3 rings (SSSR count). The molecule has 0 bridgehead atoms. The Hall–Kier alpha value is -2.83. The summed E-state index contributed by atoms with van der Waals surface area (Å²) in [5, 5.41) is 0.